The zero-order chi connectivity index (χ0) is 10.7. The summed E-state index contributed by atoms with van der Waals surface area (Å²) in [5, 5.41) is 10.6. The minimum Gasteiger partial charge on any atom is -0.313 e. The monoisotopic (exact) mass is 248 g/mol. The Morgan fingerprint density at radius 2 is 2.33 bits per heavy atom. The normalized spacial score (nSPS) is 16.5. The van der Waals surface area contributed by atoms with Crippen molar-refractivity contribution in [2.24, 2.45) is 0 Å². The lowest BCUT2D eigenvalue weighted by molar-refractivity contribution is 0.595. The maximum absolute atomic E-state index is 11.5. The van der Waals surface area contributed by atoms with Crippen molar-refractivity contribution in [1.29, 1.82) is 0 Å². The number of sulfonamides is 1. The van der Waals surface area contributed by atoms with Gasteiger partial charge in [-0.25, -0.2) is 8.42 Å². The highest BCUT2D eigenvalue weighted by atomic mass is 32.2. The lowest BCUT2D eigenvalue weighted by Crippen LogP contribution is -2.27. The molecule has 0 atom stereocenters. The number of hydrogen-bond donors (Lipinski definition) is 2. The standard InChI is InChI=1S/C7H12N4O2S2/c12-15(13,4-3-8-6-1-2-6)11-7-10-9-5-14-7/h5-6,8H,1-4H2,(H,10,11). The largest absolute Gasteiger partial charge is 0.313 e. The molecule has 0 saturated heterocycles. The molecule has 1 aromatic rings. The number of nitrogens with one attached hydrogen (secondary N) is 2. The zero-order valence-corrected chi connectivity index (χ0v) is 9.64. The van der Waals surface area contributed by atoms with Gasteiger partial charge in [0, 0.05) is 12.6 Å². The topological polar surface area (TPSA) is 84.0 Å². The van der Waals surface area contributed by atoms with Gasteiger partial charge in [0.15, 0.2) is 0 Å². The molecule has 1 aromatic heterocycles. The summed E-state index contributed by atoms with van der Waals surface area (Å²) in [7, 11) is -3.28. The van der Waals surface area contributed by atoms with Gasteiger partial charge in [0.25, 0.3) is 0 Å². The minimum absolute atomic E-state index is 0.0725. The van der Waals surface area contributed by atoms with E-state index in [4.69, 9.17) is 0 Å². The summed E-state index contributed by atoms with van der Waals surface area (Å²) < 4.78 is 25.3. The van der Waals surface area contributed by atoms with Crippen molar-refractivity contribution >= 4 is 26.5 Å². The molecular weight excluding hydrogens is 236 g/mol. The molecule has 2 N–H and O–H groups in total. The molecule has 1 aliphatic rings. The third-order valence-electron chi connectivity index (χ3n) is 1.98. The molecule has 2 rings (SSSR count). The van der Waals surface area contributed by atoms with Gasteiger partial charge in [-0.15, -0.1) is 10.2 Å². The summed E-state index contributed by atoms with van der Waals surface area (Å²) in [6.45, 7) is 0.485. The summed E-state index contributed by atoms with van der Waals surface area (Å²) in [5.74, 6) is 0.0725. The molecule has 84 valence electrons. The Hall–Kier alpha value is -0.730. The van der Waals surface area contributed by atoms with Gasteiger partial charge in [-0.05, 0) is 12.8 Å². The Kier molecular flexibility index (Phi) is 3.17. The maximum Gasteiger partial charge on any atom is 0.235 e. The highest BCUT2D eigenvalue weighted by Crippen LogP contribution is 2.18. The van der Waals surface area contributed by atoms with Crippen LogP contribution < -0.4 is 10.0 Å². The number of rotatable bonds is 6. The molecular formula is C7H12N4O2S2. The molecule has 1 aliphatic carbocycles. The van der Waals surface area contributed by atoms with Crippen molar-refractivity contribution in [3.05, 3.63) is 5.51 Å². The average Bonchev–Trinajstić information content (AvgIpc) is 2.83. The molecule has 1 fully saturated rings. The second-order valence-corrected chi connectivity index (χ2v) is 6.07. The van der Waals surface area contributed by atoms with Crippen LogP contribution in [-0.2, 0) is 10.0 Å². The van der Waals surface area contributed by atoms with E-state index in [0.717, 1.165) is 12.8 Å². The second-order valence-electron chi connectivity index (χ2n) is 3.39. The fourth-order valence-corrected chi connectivity index (χ4v) is 2.74. The van der Waals surface area contributed by atoms with Crippen LogP contribution in [0.25, 0.3) is 0 Å². The van der Waals surface area contributed by atoms with Crippen molar-refractivity contribution in [3.8, 4) is 0 Å². The summed E-state index contributed by atoms with van der Waals surface area (Å²) in [5.41, 5.74) is 1.49. The lowest BCUT2D eigenvalue weighted by atomic mass is 10.6. The van der Waals surface area contributed by atoms with E-state index in [1.807, 2.05) is 0 Å². The van der Waals surface area contributed by atoms with E-state index < -0.39 is 10.0 Å². The molecule has 0 unspecified atom stereocenters. The highest BCUT2D eigenvalue weighted by molar-refractivity contribution is 7.92. The van der Waals surface area contributed by atoms with Gasteiger partial charge in [0.05, 0.1) is 5.75 Å². The summed E-state index contributed by atoms with van der Waals surface area (Å²) >= 11 is 1.17. The van der Waals surface area contributed by atoms with Gasteiger partial charge in [0.1, 0.15) is 5.51 Å². The van der Waals surface area contributed by atoms with Gasteiger partial charge < -0.3 is 5.32 Å². The van der Waals surface area contributed by atoms with E-state index in [9.17, 15) is 8.42 Å². The summed E-state index contributed by atoms with van der Waals surface area (Å²) in [4.78, 5) is 0. The first-order chi connectivity index (χ1) is 7.16. The smallest absolute Gasteiger partial charge is 0.235 e. The molecule has 15 heavy (non-hydrogen) atoms. The first-order valence-corrected chi connectivity index (χ1v) is 7.19. The van der Waals surface area contributed by atoms with Crippen LogP contribution in [0.4, 0.5) is 5.13 Å². The second kappa shape index (κ2) is 4.42. The molecule has 0 aromatic carbocycles. The Labute approximate surface area is 92.2 Å². The fraction of sp³-hybridized carbons (Fsp3) is 0.714. The quantitative estimate of drug-likeness (QED) is 0.742. The van der Waals surface area contributed by atoms with E-state index in [1.165, 1.54) is 16.8 Å². The molecule has 8 heteroatoms. The summed E-state index contributed by atoms with van der Waals surface area (Å²) in [6, 6.07) is 0.529. The highest BCUT2D eigenvalue weighted by Gasteiger charge is 2.21. The van der Waals surface area contributed by atoms with Crippen LogP contribution in [0.5, 0.6) is 0 Å². The molecule has 0 amide bonds. The van der Waals surface area contributed by atoms with Crippen molar-refractivity contribution in [2.45, 2.75) is 18.9 Å². The molecule has 0 aliphatic heterocycles. The zero-order valence-electron chi connectivity index (χ0n) is 8.01. The Morgan fingerprint density at radius 3 is 2.93 bits per heavy atom. The van der Waals surface area contributed by atoms with Crippen LogP contribution in [0.15, 0.2) is 5.51 Å². The maximum atomic E-state index is 11.5. The van der Waals surface area contributed by atoms with Gasteiger partial charge in [-0.1, -0.05) is 11.3 Å². The lowest BCUT2D eigenvalue weighted by Gasteiger charge is -2.04. The van der Waals surface area contributed by atoms with Crippen molar-refractivity contribution in [3.63, 3.8) is 0 Å². The van der Waals surface area contributed by atoms with Gasteiger partial charge >= 0.3 is 0 Å². The van der Waals surface area contributed by atoms with Crippen LogP contribution in [0.3, 0.4) is 0 Å². The van der Waals surface area contributed by atoms with Crippen LogP contribution in [0.1, 0.15) is 12.8 Å². The van der Waals surface area contributed by atoms with Gasteiger partial charge in [-0.3, -0.25) is 4.72 Å². The fourth-order valence-electron chi connectivity index (χ4n) is 1.09. The van der Waals surface area contributed by atoms with E-state index in [0.29, 0.717) is 17.7 Å². The van der Waals surface area contributed by atoms with Crippen LogP contribution in [0.2, 0.25) is 0 Å². The van der Waals surface area contributed by atoms with Crippen molar-refractivity contribution < 1.29 is 8.42 Å². The molecule has 6 nitrogen and oxygen atoms in total. The molecule has 0 spiro atoms. The average molecular weight is 248 g/mol. The first kappa shape index (κ1) is 10.8. The van der Waals surface area contributed by atoms with E-state index >= 15 is 0 Å². The third-order valence-corrected chi connectivity index (χ3v) is 3.97. The molecule has 0 radical (unpaired) electrons. The Bertz CT molecular complexity index is 399. The number of aromatic nitrogens is 2. The SMILES string of the molecule is O=S(=O)(CCNC1CC1)Nc1nncs1. The molecule has 1 heterocycles. The predicted molar refractivity (Wildman–Crippen MR) is 58.3 cm³/mol. The Balaban J connectivity index is 1.78. The number of anilines is 1. The molecule has 0 bridgehead atoms. The van der Waals surface area contributed by atoms with Crippen LogP contribution >= 0.6 is 11.3 Å². The minimum atomic E-state index is -3.28. The number of nitrogens with zero attached hydrogens (tertiary/aromatic N) is 2. The van der Waals surface area contributed by atoms with Gasteiger partial charge in [0.2, 0.25) is 15.2 Å². The Morgan fingerprint density at radius 1 is 1.53 bits per heavy atom. The van der Waals surface area contributed by atoms with E-state index in [-0.39, 0.29) is 5.75 Å². The van der Waals surface area contributed by atoms with Crippen LogP contribution in [0, 0.1) is 0 Å². The van der Waals surface area contributed by atoms with E-state index in [2.05, 4.69) is 20.2 Å². The number of hydrogen-bond acceptors (Lipinski definition) is 6. The van der Waals surface area contributed by atoms with Crippen molar-refractivity contribution in [1.82, 2.24) is 15.5 Å². The molecule has 1 saturated carbocycles. The third kappa shape index (κ3) is 3.73. The first-order valence-electron chi connectivity index (χ1n) is 4.66. The van der Waals surface area contributed by atoms with Gasteiger partial charge in [-0.2, -0.15) is 0 Å². The van der Waals surface area contributed by atoms with Crippen LogP contribution in [-0.4, -0.2) is 37.0 Å². The van der Waals surface area contributed by atoms with Crippen molar-refractivity contribution in [2.75, 3.05) is 17.0 Å². The predicted octanol–water partition coefficient (Wildman–Crippen LogP) is 0.0318. The summed E-state index contributed by atoms with van der Waals surface area (Å²) in [6.07, 6.45) is 2.31. The van der Waals surface area contributed by atoms with E-state index in [1.54, 1.807) is 0 Å².